The molecule has 1 aliphatic heterocycles. The Bertz CT molecular complexity index is 1560. The number of rotatable bonds is 4. The number of hydrogen-bond donors (Lipinski definition) is 1. The average Bonchev–Trinajstić information content (AvgIpc) is 3.03. The molecule has 0 unspecified atom stereocenters. The second kappa shape index (κ2) is 15.3. The lowest BCUT2D eigenvalue weighted by molar-refractivity contribution is -0.130. The van der Waals surface area contributed by atoms with E-state index in [1.165, 1.54) is 13.0 Å². The van der Waals surface area contributed by atoms with Crippen LogP contribution in [0.1, 0.15) is 55.3 Å². The minimum atomic E-state index is -0.414. The van der Waals surface area contributed by atoms with Crippen LogP contribution in [0.4, 0.5) is 5.69 Å². The number of carbonyl (C=O) groups is 3. The van der Waals surface area contributed by atoms with Gasteiger partial charge in [-0.25, -0.2) is 0 Å². The molecule has 3 amide bonds. The number of hydrogen-bond acceptors (Lipinski definition) is 4. The molecule has 1 N–H and O–H groups in total. The maximum absolute atomic E-state index is 13.1. The summed E-state index contributed by atoms with van der Waals surface area (Å²) in [5.74, 6) is -0.605. The Labute approximate surface area is 257 Å². The van der Waals surface area contributed by atoms with Crippen molar-refractivity contribution >= 4 is 57.4 Å². The molecule has 9 heteroatoms. The first kappa shape index (κ1) is 32.6. The SMILES string of the molecule is CC.CC.CC(=O)N1CCN(C(=O)c2ccc(C(=O)Nc3ccc(Cl)c(-c4nccc5ccccc45)c3)c(Cl)c2)CC1. The van der Waals surface area contributed by atoms with E-state index in [1.54, 1.807) is 46.3 Å². The largest absolute Gasteiger partial charge is 0.339 e. The monoisotopic (exact) mass is 606 g/mol. The fraction of sp³-hybridized carbons (Fsp3) is 0.273. The number of aromatic nitrogens is 1. The molecule has 5 rings (SSSR count). The van der Waals surface area contributed by atoms with Gasteiger partial charge >= 0.3 is 0 Å². The van der Waals surface area contributed by atoms with Gasteiger partial charge in [-0.3, -0.25) is 19.4 Å². The molecule has 1 aromatic heterocycles. The Morgan fingerprint density at radius 3 is 2.12 bits per heavy atom. The van der Waals surface area contributed by atoms with Crippen molar-refractivity contribution in [2.24, 2.45) is 0 Å². The highest BCUT2D eigenvalue weighted by Crippen LogP contribution is 2.34. The van der Waals surface area contributed by atoms with Gasteiger partial charge in [0.15, 0.2) is 0 Å². The second-order valence-corrected chi connectivity index (χ2v) is 9.84. The highest BCUT2D eigenvalue weighted by atomic mass is 35.5. The first-order valence-electron chi connectivity index (χ1n) is 14.1. The molecule has 0 aliphatic carbocycles. The summed E-state index contributed by atoms with van der Waals surface area (Å²) < 4.78 is 0. The van der Waals surface area contributed by atoms with Crippen molar-refractivity contribution < 1.29 is 14.4 Å². The van der Waals surface area contributed by atoms with Crippen molar-refractivity contribution in [3.05, 3.63) is 94.1 Å². The van der Waals surface area contributed by atoms with Crippen LogP contribution in [0.2, 0.25) is 10.0 Å². The number of pyridine rings is 1. The molecule has 1 fully saturated rings. The van der Waals surface area contributed by atoms with Crippen LogP contribution in [0.5, 0.6) is 0 Å². The first-order chi connectivity index (χ1) is 20.3. The molecule has 220 valence electrons. The summed E-state index contributed by atoms with van der Waals surface area (Å²) in [5.41, 5.74) is 2.57. The second-order valence-electron chi connectivity index (χ2n) is 9.02. The lowest BCUT2D eigenvalue weighted by Crippen LogP contribution is -2.50. The number of carbonyl (C=O) groups excluding carboxylic acids is 3. The van der Waals surface area contributed by atoms with E-state index in [1.807, 2.05) is 58.0 Å². The van der Waals surface area contributed by atoms with Gasteiger partial charge in [-0.15, -0.1) is 0 Å². The first-order valence-corrected chi connectivity index (χ1v) is 14.9. The molecular formula is C33H36Cl2N4O3. The van der Waals surface area contributed by atoms with Gasteiger partial charge in [0.1, 0.15) is 0 Å². The molecule has 1 aliphatic rings. The van der Waals surface area contributed by atoms with E-state index in [0.717, 1.165) is 10.8 Å². The lowest BCUT2D eigenvalue weighted by atomic mass is 10.0. The van der Waals surface area contributed by atoms with Crippen LogP contribution in [0, 0.1) is 0 Å². The summed E-state index contributed by atoms with van der Waals surface area (Å²) in [5, 5.41) is 5.53. The molecule has 3 aromatic carbocycles. The predicted octanol–water partition coefficient (Wildman–Crippen LogP) is 7.82. The zero-order valence-electron chi connectivity index (χ0n) is 24.6. The average molecular weight is 608 g/mol. The zero-order valence-corrected chi connectivity index (χ0v) is 26.1. The minimum Gasteiger partial charge on any atom is -0.339 e. The maximum atomic E-state index is 13.1. The minimum absolute atomic E-state index is 0.00306. The van der Waals surface area contributed by atoms with Crippen LogP contribution in [0.3, 0.4) is 0 Å². The van der Waals surface area contributed by atoms with Crippen molar-refractivity contribution in [1.29, 1.82) is 0 Å². The summed E-state index contributed by atoms with van der Waals surface area (Å²) in [4.78, 5) is 45.5. The maximum Gasteiger partial charge on any atom is 0.257 e. The predicted molar refractivity (Wildman–Crippen MR) is 172 cm³/mol. The van der Waals surface area contributed by atoms with Gasteiger partial charge in [-0.1, -0.05) is 75.2 Å². The Morgan fingerprint density at radius 2 is 1.45 bits per heavy atom. The molecule has 2 heterocycles. The summed E-state index contributed by atoms with van der Waals surface area (Å²) in [6.45, 7) is 11.4. The van der Waals surface area contributed by atoms with Crippen molar-refractivity contribution in [2.75, 3.05) is 31.5 Å². The van der Waals surface area contributed by atoms with Crippen molar-refractivity contribution in [3.8, 4) is 11.3 Å². The smallest absolute Gasteiger partial charge is 0.257 e. The van der Waals surface area contributed by atoms with E-state index in [2.05, 4.69) is 10.3 Å². The third-order valence-electron chi connectivity index (χ3n) is 6.63. The Hall–Kier alpha value is -3.94. The molecule has 0 saturated carbocycles. The third kappa shape index (κ3) is 7.46. The summed E-state index contributed by atoms with van der Waals surface area (Å²) >= 11 is 13.0. The highest BCUT2D eigenvalue weighted by Gasteiger charge is 2.24. The van der Waals surface area contributed by atoms with Crippen molar-refractivity contribution in [2.45, 2.75) is 34.6 Å². The quantitative estimate of drug-likeness (QED) is 0.257. The van der Waals surface area contributed by atoms with Gasteiger partial charge in [0.25, 0.3) is 11.8 Å². The van der Waals surface area contributed by atoms with Crippen LogP contribution < -0.4 is 5.32 Å². The van der Waals surface area contributed by atoms with Crippen LogP contribution in [0.25, 0.3) is 22.0 Å². The number of fused-ring (bicyclic) bond motifs is 1. The number of amides is 3. The fourth-order valence-corrected chi connectivity index (χ4v) is 5.03. The van der Waals surface area contributed by atoms with Gasteiger partial charge in [0.2, 0.25) is 5.91 Å². The van der Waals surface area contributed by atoms with Crippen molar-refractivity contribution in [1.82, 2.24) is 14.8 Å². The molecule has 0 radical (unpaired) electrons. The standard InChI is InChI=1S/C29H24Cl2N4O3.2C2H6/c1-18(36)34-12-14-35(15-13-34)29(38)20-6-8-23(26(31)16-20)28(37)33-21-7-9-25(30)24(17-21)27-22-5-3-2-4-19(22)10-11-32-27;2*1-2/h2-11,16-17H,12-15H2,1H3,(H,33,37);2*1-2H3. The Kier molecular flexibility index (Phi) is 11.9. The summed E-state index contributed by atoms with van der Waals surface area (Å²) in [7, 11) is 0. The van der Waals surface area contributed by atoms with E-state index in [4.69, 9.17) is 23.2 Å². The van der Waals surface area contributed by atoms with E-state index in [0.29, 0.717) is 53.7 Å². The number of piperazine rings is 1. The molecule has 0 bridgehead atoms. The number of nitrogens with one attached hydrogen (secondary N) is 1. The van der Waals surface area contributed by atoms with Gasteiger partial charge < -0.3 is 15.1 Å². The molecular weight excluding hydrogens is 571 g/mol. The van der Waals surface area contributed by atoms with E-state index in [-0.39, 0.29) is 22.4 Å². The molecule has 42 heavy (non-hydrogen) atoms. The number of anilines is 1. The summed E-state index contributed by atoms with van der Waals surface area (Å²) in [6, 6.07) is 19.6. The van der Waals surface area contributed by atoms with Gasteiger partial charge in [0.05, 0.1) is 21.3 Å². The topological polar surface area (TPSA) is 82.6 Å². The Balaban J connectivity index is 0.00000116. The Morgan fingerprint density at radius 1 is 0.786 bits per heavy atom. The molecule has 7 nitrogen and oxygen atoms in total. The van der Waals surface area contributed by atoms with Gasteiger partial charge in [-0.05, 0) is 47.9 Å². The van der Waals surface area contributed by atoms with Crippen molar-refractivity contribution in [3.63, 3.8) is 0 Å². The highest BCUT2D eigenvalue weighted by molar-refractivity contribution is 6.35. The van der Waals surface area contributed by atoms with Crippen LogP contribution in [-0.2, 0) is 4.79 Å². The third-order valence-corrected chi connectivity index (χ3v) is 7.27. The van der Waals surface area contributed by atoms with Gasteiger partial charge in [-0.2, -0.15) is 0 Å². The zero-order chi connectivity index (χ0) is 30.8. The normalized spacial score (nSPS) is 12.5. The van der Waals surface area contributed by atoms with E-state index in [9.17, 15) is 14.4 Å². The number of nitrogens with zero attached hydrogens (tertiary/aromatic N) is 3. The molecule has 1 saturated heterocycles. The van der Waals surface area contributed by atoms with E-state index >= 15 is 0 Å². The lowest BCUT2D eigenvalue weighted by Gasteiger charge is -2.34. The molecule has 4 aromatic rings. The van der Waals surface area contributed by atoms with Gasteiger partial charge in [0, 0.05) is 61.5 Å². The number of halogens is 2. The molecule has 0 spiro atoms. The molecule has 0 atom stereocenters. The van der Waals surface area contributed by atoms with Crippen LogP contribution in [-0.4, -0.2) is 58.7 Å². The van der Waals surface area contributed by atoms with Crippen LogP contribution >= 0.6 is 23.2 Å². The summed E-state index contributed by atoms with van der Waals surface area (Å²) in [6.07, 6.45) is 1.73. The van der Waals surface area contributed by atoms with Crippen LogP contribution in [0.15, 0.2) is 72.9 Å². The van der Waals surface area contributed by atoms with E-state index < -0.39 is 5.91 Å². The number of benzene rings is 3. The fourth-order valence-electron chi connectivity index (χ4n) is 4.56.